The summed E-state index contributed by atoms with van der Waals surface area (Å²) in [6, 6.07) is 9.47. The van der Waals surface area contributed by atoms with E-state index < -0.39 is 0 Å². The van der Waals surface area contributed by atoms with Crippen molar-refractivity contribution in [3.05, 3.63) is 48.0 Å². The van der Waals surface area contributed by atoms with Crippen LogP contribution in [-0.4, -0.2) is 28.9 Å². The zero-order valence-corrected chi connectivity index (χ0v) is 12.3. The lowest BCUT2D eigenvalue weighted by Gasteiger charge is -2.26. The van der Waals surface area contributed by atoms with Crippen LogP contribution in [0.1, 0.15) is 26.3 Å². The van der Waals surface area contributed by atoms with Gasteiger partial charge in [-0.05, 0) is 18.4 Å². The molecule has 0 saturated heterocycles. The molecule has 1 N–H and O–H groups in total. The maximum atomic E-state index is 11.3. The third-order valence-electron chi connectivity index (χ3n) is 2.93. The molecule has 0 radical (unpaired) electrons. The van der Waals surface area contributed by atoms with Gasteiger partial charge in [-0.15, -0.1) is 0 Å². The Balaban J connectivity index is 2.68. The molecule has 0 aromatic heterocycles. The number of hydroxylamine groups is 2. The van der Waals surface area contributed by atoms with E-state index in [4.69, 9.17) is 4.74 Å². The van der Waals surface area contributed by atoms with Crippen molar-refractivity contribution in [1.82, 2.24) is 5.06 Å². The molecule has 0 saturated carbocycles. The van der Waals surface area contributed by atoms with Crippen molar-refractivity contribution < 1.29 is 14.7 Å². The number of hydrogen-bond acceptors (Lipinski definition) is 4. The zero-order valence-electron chi connectivity index (χ0n) is 12.3. The second kappa shape index (κ2) is 8.51. The predicted octanol–water partition coefficient (Wildman–Crippen LogP) is 3.02. The maximum absolute atomic E-state index is 11.3. The van der Waals surface area contributed by atoms with Crippen LogP contribution in [-0.2, 0) is 16.1 Å². The molecule has 110 valence electrons. The van der Waals surface area contributed by atoms with Gasteiger partial charge >= 0.3 is 5.97 Å². The van der Waals surface area contributed by atoms with Gasteiger partial charge in [-0.2, -0.15) is 5.06 Å². The Bertz CT molecular complexity index is 429. The smallest absolute Gasteiger partial charge is 0.330 e. The second-order valence-electron chi connectivity index (χ2n) is 4.93. The highest BCUT2D eigenvalue weighted by Crippen LogP contribution is 2.14. The molecule has 0 heterocycles. The fraction of sp³-hybridized carbons (Fsp3) is 0.438. The van der Waals surface area contributed by atoms with E-state index in [2.05, 4.69) is 0 Å². The molecule has 1 rings (SSSR count). The minimum atomic E-state index is -0.383. The molecular weight excluding hydrogens is 254 g/mol. The summed E-state index contributed by atoms with van der Waals surface area (Å²) in [5.74, 6) is -0.208. The lowest BCUT2D eigenvalue weighted by atomic mass is 10.0. The van der Waals surface area contributed by atoms with E-state index in [1.54, 1.807) is 13.0 Å². The molecular formula is C16H23NO3. The van der Waals surface area contributed by atoms with Gasteiger partial charge in [-0.25, -0.2) is 4.79 Å². The van der Waals surface area contributed by atoms with E-state index >= 15 is 0 Å². The molecule has 1 aromatic carbocycles. The van der Waals surface area contributed by atoms with Gasteiger partial charge in [0.25, 0.3) is 0 Å². The van der Waals surface area contributed by atoms with Crippen molar-refractivity contribution in [2.24, 2.45) is 5.92 Å². The average molecular weight is 277 g/mol. The van der Waals surface area contributed by atoms with E-state index in [-0.39, 0.29) is 17.9 Å². The lowest BCUT2D eigenvalue weighted by Crippen LogP contribution is -2.34. The highest BCUT2D eigenvalue weighted by molar-refractivity contribution is 5.81. The number of rotatable bonds is 7. The van der Waals surface area contributed by atoms with Crippen molar-refractivity contribution in [3.63, 3.8) is 0 Å². The highest BCUT2D eigenvalue weighted by atomic mass is 16.5. The van der Waals surface area contributed by atoms with Gasteiger partial charge in [-0.1, -0.05) is 50.3 Å². The van der Waals surface area contributed by atoms with Gasteiger partial charge in [0, 0.05) is 12.6 Å². The van der Waals surface area contributed by atoms with Crippen LogP contribution < -0.4 is 0 Å². The van der Waals surface area contributed by atoms with Crippen LogP contribution in [0.25, 0.3) is 0 Å². The number of benzene rings is 1. The number of hydrogen-bond donors (Lipinski definition) is 1. The van der Waals surface area contributed by atoms with Crippen LogP contribution in [0.2, 0.25) is 0 Å². The number of carbonyl (C=O) groups excluding carboxylic acids is 1. The van der Waals surface area contributed by atoms with E-state index in [0.717, 1.165) is 5.56 Å². The summed E-state index contributed by atoms with van der Waals surface area (Å²) in [7, 11) is 0. The first kappa shape index (κ1) is 16.4. The molecule has 1 atom stereocenters. The molecule has 0 bridgehead atoms. The minimum absolute atomic E-state index is 0.175. The number of nitrogens with zero attached hydrogens (tertiary/aromatic N) is 1. The van der Waals surface area contributed by atoms with E-state index in [9.17, 15) is 10.0 Å². The van der Waals surface area contributed by atoms with Gasteiger partial charge in [0.15, 0.2) is 0 Å². The average Bonchev–Trinajstić information content (AvgIpc) is 2.40. The summed E-state index contributed by atoms with van der Waals surface area (Å²) in [6.07, 6.45) is 3.06. The van der Waals surface area contributed by atoms with E-state index in [0.29, 0.717) is 13.2 Å². The normalized spacial score (nSPS) is 13.1. The first-order valence-electron chi connectivity index (χ1n) is 6.89. The second-order valence-corrected chi connectivity index (χ2v) is 4.93. The van der Waals surface area contributed by atoms with Crippen LogP contribution in [0.5, 0.6) is 0 Å². The fourth-order valence-electron chi connectivity index (χ4n) is 1.91. The minimum Gasteiger partial charge on any atom is -0.463 e. The van der Waals surface area contributed by atoms with Gasteiger partial charge in [-0.3, -0.25) is 0 Å². The summed E-state index contributed by atoms with van der Waals surface area (Å²) in [4.78, 5) is 11.3. The van der Waals surface area contributed by atoms with Crippen LogP contribution in [0, 0.1) is 5.92 Å². The molecule has 4 nitrogen and oxygen atoms in total. The number of ether oxygens (including phenoxy) is 1. The first-order chi connectivity index (χ1) is 9.54. The van der Waals surface area contributed by atoms with Crippen molar-refractivity contribution in [2.75, 3.05) is 6.61 Å². The zero-order chi connectivity index (χ0) is 15.0. The molecule has 4 heteroatoms. The van der Waals surface area contributed by atoms with Crippen molar-refractivity contribution in [3.8, 4) is 0 Å². The van der Waals surface area contributed by atoms with Crippen molar-refractivity contribution in [2.45, 2.75) is 33.4 Å². The van der Waals surface area contributed by atoms with Crippen molar-refractivity contribution >= 4 is 5.97 Å². The summed E-state index contributed by atoms with van der Waals surface area (Å²) in [5.41, 5.74) is 1.02. The standard InChI is InChI=1S/C16H23NO3/c1-4-20-16(18)11-10-15(13(2)3)17(19)12-14-8-6-5-7-9-14/h5-11,13,15,19H,4,12H2,1-3H3/b11-10+. The Hall–Kier alpha value is -1.65. The molecule has 0 aliphatic rings. The Kier molecular flexibility index (Phi) is 6.98. The van der Waals surface area contributed by atoms with Crippen molar-refractivity contribution in [1.29, 1.82) is 0 Å². The molecule has 0 fully saturated rings. The Morgan fingerprint density at radius 3 is 2.55 bits per heavy atom. The summed E-state index contributed by atoms with van der Waals surface area (Å²) >= 11 is 0. The largest absolute Gasteiger partial charge is 0.463 e. The maximum Gasteiger partial charge on any atom is 0.330 e. The SMILES string of the molecule is CCOC(=O)/C=C/C(C(C)C)N(O)Cc1ccccc1. The van der Waals surface area contributed by atoms with E-state index in [1.807, 2.05) is 44.2 Å². The monoisotopic (exact) mass is 277 g/mol. The Morgan fingerprint density at radius 2 is 2.00 bits per heavy atom. The fourth-order valence-corrected chi connectivity index (χ4v) is 1.91. The predicted molar refractivity (Wildman–Crippen MR) is 78.2 cm³/mol. The van der Waals surface area contributed by atoms with Gasteiger partial charge in [0.05, 0.1) is 12.6 Å². The molecule has 1 unspecified atom stereocenters. The first-order valence-corrected chi connectivity index (χ1v) is 6.89. The third-order valence-corrected chi connectivity index (χ3v) is 2.93. The molecule has 20 heavy (non-hydrogen) atoms. The molecule has 0 spiro atoms. The summed E-state index contributed by atoms with van der Waals surface area (Å²) < 4.78 is 4.84. The number of carbonyl (C=O) groups is 1. The topological polar surface area (TPSA) is 49.8 Å². The highest BCUT2D eigenvalue weighted by Gasteiger charge is 2.18. The lowest BCUT2D eigenvalue weighted by molar-refractivity contribution is -0.138. The quantitative estimate of drug-likeness (QED) is 0.473. The summed E-state index contributed by atoms with van der Waals surface area (Å²) in [6.45, 7) is 6.52. The molecule has 1 aromatic rings. The van der Waals surface area contributed by atoms with Crippen LogP contribution in [0.3, 0.4) is 0 Å². The number of esters is 1. The Morgan fingerprint density at radius 1 is 1.35 bits per heavy atom. The third kappa shape index (κ3) is 5.55. The van der Waals surface area contributed by atoms with Crippen LogP contribution in [0.4, 0.5) is 0 Å². The van der Waals surface area contributed by atoms with Crippen LogP contribution >= 0.6 is 0 Å². The molecule has 0 aliphatic carbocycles. The molecule has 0 aliphatic heterocycles. The van der Waals surface area contributed by atoms with Gasteiger partial charge in [0.2, 0.25) is 0 Å². The summed E-state index contributed by atoms with van der Waals surface area (Å²) in [5, 5.41) is 11.5. The Labute approximate surface area is 120 Å². The van der Waals surface area contributed by atoms with Gasteiger partial charge < -0.3 is 9.94 Å². The van der Waals surface area contributed by atoms with E-state index in [1.165, 1.54) is 11.1 Å². The van der Waals surface area contributed by atoms with Crippen LogP contribution in [0.15, 0.2) is 42.5 Å². The van der Waals surface area contributed by atoms with Gasteiger partial charge in [0.1, 0.15) is 0 Å². The molecule has 0 amide bonds.